The summed E-state index contributed by atoms with van der Waals surface area (Å²) < 4.78 is 1.67. The highest BCUT2D eigenvalue weighted by Gasteiger charge is 2.27. The van der Waals surface area contributed by atoms with E-state index in [0.29, 0.717) is 23.1 Å². The molecule has 10 heteroatoms. The molecule has 2 aromatic rings. The van der Waals surface area contributed by atoms with Gasteiger partial charge in [-0.2, -0.15) is 0 Å². The Morgan fingerprint density at radius 1 is 1.50 bits per heavy atom. The highest BCUT2D eigenvalue weighted by Crippen LogP contribution is 2.34. The van der Waals surface area contributed by atoms with Gasteiger partial charge in [0.2, 0.25) is 0 Å². The van der Waals surface area contributed by atoms with Crippen molar-refractivity contribution < 1.29 is 9.72 Å². The summed E-state index contributed by atoms with van der Waals surface area (Å²) in [4.78, 5) is 25.4. The van der Waals surface area contributed by atoms with Gasteiger partial charge in [0, 0.05) is 37.8 Å². The molecule has 0 radical (unpaired) electrons. The first-order valence-corrected chi connectivity index (χ1v) is 8.12. The summed E-state index contributed by atoms with van der Waals surface area (Å²) in [5.41, 5.74) is 5.97. The van der Waals surface area contributed by atoms with Gasteiger partial charge >= 0.3 is 0 Å². The van der Waals surface area contributed by atoms with Crippen LogP contribution in [0.2, 0.25) is 0 Å². The smallest absolute Gasteiger partial charge is 0.284 e. The lowest BCUT2D eigenvalue weighted by Crippen LogP contribution is -2.31. The van der Waals surface area contributed by atoms with E-state index in [-0.39, 0.29) is 23.2 Å². The molecule has 1 aliphatic rings. The molecule has 2 heterocycles. The second-order valence-corrected chi connectivity index (χ2v) is 6.58. The minimum Gasteiger partial charge on any atom is -0.337 e. The first-order chi connectivity index (χ1) is 11.5. The predicted molar refractivity (Wildman–Crippen MR) is 86.7 cm³/mol. The van der Waals surface area contributed by atoms with Crippen LogP contribution in [0, 0.1) is 10.1 Å². The van der Waals surface area contributed by atoms with Crippen LogP contribution in [0.5, 0.6) is 0 Å². The number of hydrogen-bond donors (Lipinski definition) is 1. The van der Waals surface area contributed by atoms with Crippen molar-refractivity contribution in [3.05, 3.63) is 40.2 Å². The number of hydrogen-bond acceptors (Lipinski definition) is 7. The van der Waals surface area contributed by atoms with Crippen molar-refractivity contribution in [2.24, 2.45) is 12.8 Å². The summed E-state index contributed by atoms with van der Waals surface area (Å²) in [6.45, 7) is 1.05. The topological polar surface area (TPSA) is 120 Å². The standard InChI is InChI=1S/C14H16N6O3S/c1-18-8-16-17-14(18)24-12-3-2-9(6-11(12)20(22)23)13(21)19-5-4-10(15)7-19/h2-3,6,8,10H,4-5,7,15H2,1H3/t10-/m1/s1. The maximum absolute atomic E-state index is 12.5. The van der Waals surface area contributed by atoms with Gasteiger partial charge in [-0.25, -0.2) is 0 Å². The Morgan fingerprint density at radius 3 is 2.88 bits per heavy atom. The number of amides is 1. The Bertz CT molecular complexity index is 793. The maximum atomic E-state index is 12.5. The third-order valence-corrected chi connectivity index (χ3v) is 4.90. The minimum absolute atomic E-state index is 0.0327. The molecule has 0 bridgehead atoms. The first-order valence-electron chi connectivity index (χ1n) is 7.31. The van der Waals surface area contributed by atoms with Gasteiger partial charge in [-0.05, 0) is 30.3 Å². The Kier molecular flexibility index (Phi) is 4.49. The highest BCUT2D eigenvalue weighted by molar-refractivity contribution is 7.99. The zero-order chi connectivity index (χ0) is 17.3. The first kappa shape index (κ1) is 16.4. The molecule has 3 rings (SSSR count). The molecular weight excluding hydrogens is 332 g/mol. The molecular formula is C14H16N6O3S. The largest absolute Gasteiger partial charge is 0.337 e. The van der Waals surface area contributed by atoms with Crippen molar-refractivity contribution in [2.75, 3.05) is 13.1 Å². The average Bonchev–Trinajstić information content (AvgIpc) is 3.16. The van der Waals surface area contributed by atoms with Gasteiger partial charge in [-0.3, -0.25) is 14.9 Å². The molecule has 1 aromatic heterocycles. The fraction of sp³-hybridized carbons (Fsp3) is 0.357. The fourth-order valence-corrected chi connectivity index (χ4v) is 3.35. The predicted octanol–water partition coefficient (Wildman–Crippen LogP) is 1.05. The van der Waals surface area contributed by atoms with E-state index in [9.17, 15) is 14.9 Å². The molecule has 0 unspecified atom stereocenters. The maximum Gasteiger partial charge on any atom is 0.284 e. The molecule has 1 aliphatic heterocycles. The van der Waals surface area contributed by atoms with E-state index in [1.54, 1.807) is 28.6 Å². The molecule has 1 fully saturated rings. The normalized spacial score (nSPS) is 17.2. The minimum atomic E-state index is -0.495. The van der Waals surface area contributed by atoms with Crippen LogP contribution in [0.3, 0.4) is 0 Å². The number of carbonyl (C=O) groups excluding carboxylic acids is 1. The third kappa shape index (κ3) is 3.24. The average molecular weight is 348 g/mol. The summed E-state index contributed by atoms with van der Waals surface area (Å²) in [5.74, 6) is -0.235. The van der Waals surface area contributed by atoms with Crippen LogP contribution in [-0.2, 0) is 7.05 Å². The summed E-state index contributed by atoms with van der Waals surface area (Å²) in [6.07, 6.45) is 2.26. The molecule has 1 amide bonds. The highest BCUT2D eigenvalue weighted by atomic mass is 32.2. The fourth-order valence-electron chi connectivity index (χ4n) is 2.50. The van der Waals surface area contributed by atoms with Crippen molar-refractivity contribution in [3.8, 4) is 0 Å². The van der Waals surface area contributed by atoms with Gasteiger partial charge in [0.05, 0.1) is 9.82 Å². The quantitative estimate of drug-likeness (QED) is 0.647. The number of rotatable bonds is 4. The molecule has 2 N–H and O–H groups in total. The zero-order valence-corrected chi connectivity index (χ0v) is 13.8. The molecule has 126 valence electrons. The van der Waals surface area contributed by atoms with Crippen molar-refractivity contribution in [1.82, 2.24) is 19.7 Å². The van der Waals surface area contributed by atoms with Crippen molar-refractivity contribution in [1.29, 1.82) is 0 Å². The molecule has 24 heavy (non-hydrogen) atoms. The van der Waals surface area contributed by atoms with Crippen molar-refractivity contribution in [2.45, 2.75) is 22.5 Å². The number of likely N-dealkylation sites (tertiary alicyclic amines) is 1. The number of nitro benzene ring substituents is 1. The van der Waals surface area contributed by atoms with Gasteiger partial charge in [0.1, 0.15) is 6.33 Å². The van der Waals surface area contributed by atoms with Crippen molar-refractivity contribution in [3.63, 3.8) is 0 Å². The lowest BCUT2D eigenvalue weighted by molar-refractivity contribution is -0.387. The van der Waals surface area contributed by atoms with Crippen LogP contribution < -0.4 is 5.73 Å². The number of nitrogens with zero attached hydrogens (tertiary/aromatic N) is 5. The van der Waals surface area contributed by atoms with Gasteiger partial charge in [-0.1, -0.05) is 0 Å². The number of benzene rings is 1. The molecule has 1 saturated heterocycles. The third-order valence-electron chi connectivity index (χ3n) is 3.79. The number of aryl methyl sites for hydroxylation is 1. The summed E-state index contributed by atoms with van der Waals surface area (Å²) in [6, 6.07) is 4.44. The van der Waals surface area contributed by atoms with Gasteiger partial charge in [0.15, 0.2) is 5.16 Å². The van der Waals surface area contributed by atoms with Crippen molar-refractivity contribution >= 4 is 23.4 Å². The summed E-state index contributed by atoms with van der Waals surface area (Å²) >= 11 is 1.13. The molecule has 9 nitrogen and oxygen atoms in total. The second-order valence-electron chi connectivity index (χ2n) is 5.57. The van der Waals surface area contributed by atoms with Gasteiger partial charge in [-0.15, -0.1) is 10.2 Å². The monoisotopic (exact) mass is 348 g/mol. The Balaban J connectivity index is 1.88. The molecule has 0 spiro atoms. The molecule has 1 atom stereocenters. The molecule has 0 saturated carbocycles. The van der Waals surface area contributed by atoms with E-state index in [1.807, 2.05) is 0 Å². The van der Waals surface area contributed by atoms with E-state index in [0.717, 1.165) is 18.2 Å². The zero-order valence-electron chi connectivity index (χ0n) is 13.0. The van der Waals surface area contributed by atoms with Crippen LogP contribution in [0.15, 0.2) is 34.6 Å². The van der Waals surface area contributed by atoms with E-state index < -0.39 is 4.92 Å². The lowest BCUT2D eigenvalue weighted by Gasteiger charge is -2.16. The molecule has 0 aliphatic carbocycles. The van der Waals surface area contributed by atoms with E-state index >= 15 is 0 Å². The number of aromatic nitrogens is 3. The van der Waals surface area contributed by atoms with Crippen LogP contribution >= 0.6 is 11.8 Å². The SMILES string of the molecule is Cn1cnnc1Sc1ccc(C(=O)N2CC[C@@H](N)C2)cc1[N+](=O)[O-]. The number of nitro groups is 1. The molecule has 1 aromatic carbocycles. The second kappa shape index (κ2) is 6.57. The van der Waals surface area contributed by atoms with E-state index in [1.165, 1.54) is 12.4 Å². The van der Waals surface area contributed by atoms with Crippen LogP contribution in [-0.4, -0.2) is 49.6 Å². The number of carbonyl (C=O) groups is 1. The Morgan fingerprint density at radius 2 is 2.29 bits per heavy atom. The van der Waals surface area contributed by atoms with Gasteiger partial charge < -0.3 is 15.2 Å². The Labute approximate surface area is 142 Å². The summed E-state index contributed by atoms with van der Waals surface area (Å²) in [5, 5.41) is 19.6. The summed E-state index contributed by atoms with van der Waals surface area (Å²) in [7, 11) is 1.75. The van der Waals surface area contributed by atoms with Crippen LogP contribution in [0.1, 0.15) is 16.8 Å². The lowest BCUT2D eigenvalue weighted by atomic mass is 10.2. The Hall–Kier alpha value is -2.46. The van der Waals surface area contributed by atoms with Crippen LogP contribution in [0.25, 0.3) is 0 Å². The number of nitrogens with two attached hydrogens (primary N) is 1. The van der Waals surface area contributed by atoms with E-state index in [4.69, 9.17) is 5.73 Å². The van der Waals surface area contributed by atoms with Crippen LogP contribution in [0.4, 0.5) is 5.69 Å². The van der Waals surface area contributed by atoms with E-state index in [2.05, 4.69) is 10.2 Å². The van der Waals surface area contributed by atoms with Gasteiger partial charge in [0.25, 0.3) is 11.6 Å².